The molecule has 0 aliphatic heterocycles. The van der Waals surface area contributed by atoms with Gasteiger partial charge in [-0.2, -0.15) is 5.26 Å². The number of nitrogen functional groups attached to an aromatic ring is 1. The van der Waals surface area contributed by atoms with E-state index in [2.05, 4.69) is 4.72 Å². The largest absolute Gasteiger partial charge is 0.397 e. The second-order valence-electron chi connectivity index (χ2n) is 3.15. The fraction of sp³-hybridized carbons (Fsp3) is 0.222. The highest BCUT2D eigenvalue weighted by atomic mass is 32.2. The molecule has 0 heterocycles. The first kappa shape index (κ1) is 12.3. The van der Waals surface area contributed by atoms with Gasteiger partial charge in [-0.05, 0) is 25.1 Å². The topological polar surface area (TPSA) is 96.0 Å². The van der Waals surface area contributed by atoms with E-state index in [9.17, 15) is 12.8 Å². The molecule has 1 rings (SSSR count). The van der Waals surface area contributed by atoms with Crippen molar-refractivity contribution in [2.45, 2.75) is 12.2 Å². The molecule has 3 N–H and O–H groups in total. The molecular weight excluding hydrogens is 233 g/mol. The van der Waals surface area contributed by atoms with E-state index >= 15 is 0 Å². The first-order chi connectivity index (χ1) is 7.36. The molecule has 0 aliphatic rings. The summed E-state index contributed by atoms with van der Waals surface area (Å²) in [5, 5.41) is 7.29. The maximum atomic E-state index is 12.7. The van der Waals surface area contributed by atoms with Gasteiger partial charge in [-0.25, -0.2) is 12.8 Å². The van der Waals surface area contributed by atoms with Gasteiger partial charge < -0.3 is 5.73 Å². The summed E-state index contributed by atoms with van der Waals surface area (Å²) < 4.78 is 37.8. The zero-order valence-corrected chi connectivity index (χ0v) is 9.25. The van der Waals surface area contributed by atoms with Crippen molar-refractivity contribution in [2.75, 3.05) is 10.5 Å². The fourth-order valence-electron chi connectivity index (χ4n) is 0.938. The third kappa shape index (κ3) is 2.61. The molecule has 86 valence electrons. The van der Waals surface area contributed by atoms with Gasteiger partial charge in [-0.15, -0.1) is 0 Å². The summed E-state index contributed by atoms with van der Waals surface area (Å²) in [7, 11) is -3.81. The predicted molar refractivity (Wildman–Crippen MR) is 58.4 cm³/mol. The third-order valence-electron chi connectivity index (χ3n) is 1.91. The van der Waals surface area contributed by atoms with Gasteiger partial charge in [0.05, 0.1) is 17.4 Å². The number of halogens is 1. The van der Waals surface area contributed by atoms with Gasteiger partial charge in [0.15, 0.2) is 5.25 Å². The number of benzene rings is 1. The Morgan fingerprint density at radius 2 is 2.19 bits per heavy atom. The van der Waals surface area contributed by atoms with Crippen molar-refractivity contribution < 1.29 is 12.8 Å². The highest BCUT2D eigenvalue weighted by Crippen LogP contribution is 2.21. The standard InChI is InChI=1S/C9H10FN3O2S/c1-6(5-11)16(14,15)13-9-3-2-7(10)4-8(9)12/h2-4,6,13H,12H2,1H3. The summed E-state index contributed by atoms with van der Waals surface area (Å²) in [4.78, 5) is 0. The second-order valence-corrected chi connectivity index (χ2v) is 5.15. The van der Waals surface area contributed by atoms with Crippen molar-refractivity contribution in [3.63, 3.8) is 0 Å². The number of nitrogens with two attached hydrogens (primary N) is 1. The smallest absolute Gasteiger partial charge is 0.248 e. The number of hydrogen-bond donors (Lipinski definition) is 2. The van der Waals surface area contributed by atoms with Gasteiger partial charge in [-0.1, -0.05) is 0 Å². The molecule has 1 atom stereocenters. The molecule has 0 fully saturated rings. The van der Waals surface area contributed by atoms with E-state index in [0.29, 0.717) is 0 Å². The maximum absolute atomic E-state index is 12.7. The molecule has 0 saturated heterocycles. The second kappa shape index (κ2) is 4.37. The van der Waals surface area contributed by atoms with Gasteiger partial charge >= 0.3 is 0 Å². The Morgan fingerprint density at radius 1 is 1.56 bits per heavy atom. The van der Waals surface area contributed by atoms with E-state index in [1.54, 1.807) is 6.07 Å². The van der Waals surface area contributed by atoms with E-state index in [-0.39, 0.29) is 11.4 Å². The molecule has 16 heavy (non-hydrogen) atoms. The average Bonchev–Trinajstić information content (AvgIpc) is 2.21. The van der Waals surface area contributed by atoms with Crippen molar-refractivity contribution in [2.24, 2.45) is 0 Å². The van der Waals surface area contributed by atoms with Crippen molar-refractivity contribution in [1.82, 2.24) is 0 Å². The Labute approximate surface area is 92.7 Å². The van der Waals surface area contributed by atoms with Crippen LogP contribution in [-0.2, 0) is 10.0 Å². The first-order valence-corrected chi connectivity index (χ1v) is 5.87. The molecule has 0 amide bonds. The zero-order valence-electron chi connectivity index (χ0n) is 8.44. The van der Waals surface area contributed by atoms with Crippen LogP contribution >= 0.6 is 0 Å². The summed E-state index contributed by atoms with van der Waals surface area (Å²) in [6.07, 6.45) is 0. The Kier molecular flexibility index (Phi) is 3.34. The number of hydrogen-bond acceptors (Lipinski definition) is 4. The Balaban J connectivity index is 3.03. The predicted octanol–water partition coefficient (Wildman–Crippen LogP) is 1.06. The summed E-state index contributed by atoms with van der Waals surface area (Å²) in [5.74, 6) is -0.561. The minimum atomic E-state index is -3.81. The number of nitrogens with one attached hydrogen (secondary N) is 1. The molecule has 0 saturated carbocycles. The van der Waals surface area contributed by atoms with Gasteiger partial charge in [0.1, 0.15) is 5.82 Å². The lowest BCUT2D eigenvalue weighted by Crippen LogP contribution is -2.24. The van der Waals surface area contributed by atoms with Crippen molar-refractivity contribution in [3.05, 3.63) is 24.0 Å². The molecule has 7 heteroatoms. The van der Waals surface area contributed by atoms with Gasteiger partial charge in [0, 0.05) is 0 Å². The van der Waals surface area contributed by atoms with Crippen LogP contribution in [0.15, 0.2) is 18.2 Å². The quantitative estimate of drug-likeness (QED) is 0.776. The van der Waals surface area contributed by atoms with Crippen LogP contribution in [0, 0.1) is 17.1 Å². The van der Waals surface area contributed by atoms with Gasteiger partial charge in [0.2, 0.25) is 10.0 Å². The monoisotopic (exact) mass is 243 g/mol. The Hall–Kier alpha value is -1.81. The van der Waals surface area contributed by atoms with Gasteiger partial charge in [-0.3, -0.25) is 4.72 Å². The van der Waals surface area contributed by atoms with Crippen molar-refractivity contribution >= 4 is 21.4 Å². The molecule has 0 bridgehead atoms. The van der Waals surface area contributed by atoms with Crippen molar-refractivity contribution in [3.8, 4) is 6.07 Å². The number of sulfonamides is 1. The van der Waals surface area contributed by atoms with Crippen LogP contribution in [0.3, 0.4) is 0 Å². The van der Waals surface area contributed by atoms with Crippen LogP contribution in [0.5, 0.6) is 0 Å². The highest BCUT2D eigenvalue weighted by molar-refractivity contribution is 7.93. The minimum Gasteiger partial charge on any atom is -0.397 e. The lowest BCUT2D eigenvalue weighted by Gasteiger charge is -2.11. The minimum absolute atomic E-state index is 0.0336. The molecule has 0 aromatic heterocycles. The Morgan fingerprint density at radius 3 is 2.69 bits per heavy atom. The van der Waals surface area contributed by atoms with E-state index in [4.69, 9.17) is 11.0 Å². The van der Waals surface area contributed by atoms with Crippen LogP contribution in [-0.4, -0.2) is 13.7 Å². The van der Waals surface area contributed by atoms with Crippen LogP contribution in [0.4, 0.5) is 15.8 Å². The fourth-order valence-corrected chi connectivity index (χ4v) is 1.75. The zero-order chi connectivity index (χ0) is 12.3. The van der Waals surface area contributed by atoms with Crippen LogP contribution in [0.1, 0.15) is 6.92 Å². The summed E-state index contributed by atoms with van der Waals surface area (Å²) in [5.41, 5.74) is 5.45. The van der Waals surface area contributed by atoms with Crippen LogP contribution in [0.2, 0.25) is 0 Å². The summed E-state index contributed by atoms with van der Waals surface area (Å²) in [6.45, 7) is 1.24. The molecule has 0 spiro atoms. The lowest BCUT2D eigenvalue weighted by molar-refractivity contribution is 0.597. The molecule has 0 radical (unpaired) electrons. The summed E-state index contributed by atoms with van der Waals surface area (Å²) in [6, 6.07) is 4.86. The number of nitrogens with zero attached hydrogens (tertiary/aromatic N) is 1. The SMILES string of the molecule is CC(C#N)S(=O)(=O)Nc1ccc(F)cc1N. The molecular formula is C9H10FN3O2S. The molecule has 5 nitrogen and oxygen atoms in total. The van der Waals surface area contributed by atoms with Crippen LogP contribution < -0.4 is 10.5 Å². The molecule has 1 aromatic rings. The van der Waals surface area contributed by atoms with E-state index in [1.807, 2.05) is 0 Å². The van der Waals surface area contributed by atoms with E-state index < -0.39 is 21.1 Å². The number of rotatable bonds is 3. The lowest BCUT2D eigenvalue weighted by atomic mass is 10.3. The maximum Gasteiger partial charge on any atom is 0.248 e. The van der Waals surface area contributed by atoms with Gasteiger partial charge in [0.25, 0.3) is 0 Å². The molecule has 1 aromatic carbocycles. The molecule has 1 unspecified atom stereocenters. The number of nitriles is 1. The third-order valence-corrected chi connectivity index (χ3v) is 3.45. The van der Waals surface area contributed by atoms with E-state index in [0.717, 1.165) is 12.1 Å². The normalized spacial score (nSPS) is 12.8. The van der Waals surface area contributed by atoms with Crippen molar-refractivity contribution in [1.29, 1.82) is 5.26 Å². The molecule has 0 aliphatic carbocycles. The van der Waals surface area contributed by atoms with E-state index in [1.165, 1.54) is 13.0 Å². The Bertz CT molecular complexity index is 536. The highest BCUT2D eigenvalue weighted by Gasteiger charge is 2.20. The first-order valence-electron chi connectivity index (χ1n) is 4.33. The van der Waals surface area contributed by atoms with Crippen LogP contribution in [0.25, 0.3) is 0 Å². The number of anilines is 2. The summed E-state index contributed by atoms with van der Waals surface area (Å²) >= 11 is 0. The average molecular weight is 243 g/mol.